The van der Waals surface area contributed by atoms with Gasteiger partial charge in [-0.2, -0.15) is 9.78 Å². The molecule has 3 aromatic rings. The summed E-state index contributed by atoms with van der Waals surface area (Å²) in [5.41, 5.74) is 0.746. The van der Waals surface area contributed by atoms with Gasteiger partial charge in [0, 0.05) is 11.8 Å². The Kier molecular flexibility index (Phi) is 3.55. The van der Waals surface area contributed by atoms with E-state index in [1.165, 1.54) is 6.07 Å². The van der Waals surface area contributed by atoms with E-state index in [9.17, 15) is 18.0 Å². The summed E-state index contributed by atoms with van der Waals surface area (Å²) in [6.45, 7) is 0. The number of rotatable bonds is 3. The molecule has 0 amide bonds. The lowest BCUT2D eigenvalue weighted by molar-refractivity contribution is -0.209. The van der Waals surface area contributed by atoms with Gasteiger partial charge in [-0.1, -0.05) is 30.3 Å². The standard InChI is InChI=1S/C16H11F3N2O2/c17-16(18,19)21-14-7-6-11(15(22)23)9-12(14)13(20-21)8-10-4-2-1-3-5-10/h1-7,9H,8H2,(H,22,23). The van der Waals surface area contributed by atoms with Gasteiger partial charge in [-0.3, -0.25) is 0 Å². The molecule has 0 spiro atoms. The summed E-state index contributed by atoms with van der Waals surface area (Å²) in [6, 6.07) is 12.4. The van der Waals surface area contributed by atoms with E-state index in [4.69, 9.17) is 5.11 Å². The predicted molar refractivity (Wildman–Crippen MR) is 77.2 cm³/mol. The lowest BCUT2D eigenvalue weighted by atomic mass is 10.1. The van der Waals surface area contributed by atoms with Crippen molar-refractivity contribution in [3.8, 4) is 0 Å². The summed E-state index contributed by atoms with van der Waals surface area (Å²) in [4.78, 5) is 11.1. The fraction of sp³-hybridized carbons (Fsp3) is 0.125. The molecule has 7 heteroatoms. The molecule has 3 rings (SSSR count). The van der Waals surface area contributed by atoms with E-state index in [1.54, 1.807) is 30.3 Å². The van der Waals surface area contributed by atoms with Crippen molar-refractivity contribution in [2.45, 2.75) is 12.7 Å². The minimum absolute atomic E-state index is 0.0216. The second kappa shape index (κ2) is 5.42. The van der Waals surface area contributed by atoms with E-state index in [-0.39, 0.29) is 33.3 Å². The number of aromatic carboxylic acids is 1. The summed E-state index contributed by atoms with van der Waals surface area (Å²) in [5, 5.41) is 12.9. The van der Waals surface area contributed by atoms with Crippen molar-refractivity contribution in [3.05, 3.63) is 65.4 Å². The van der Waals surface area contributed by atoms with Gasteiger partial charge in [-0.25, -0.2) is 4.79 Å². The summed E-state index contributed by atoms with van der Waals surface area (Å²) < 4.78 is 39.3. The Bertz CT molecular complexity index is 870. The second-order valence-corrected chi connectivity index (χ2v) is 5.03. The van der Waals surface area contributed by atoms with E-state index in [2.05, 4.69) is 5.10 Å². The fourth-order valence-electron chi connectivity index (χ4n) is 2.43. The lowest BCUT2D eigenvalue weighted by Gasteiger charge is -2.06. The summed E-state index contributed by atoms with van der Waals surface area (Å²) in [5.74, 6) is -1.20. The van der Waals surface area contributed by atoms with E-state index in [0.717, 1.165) is 17.7 Å². The van der Waals surface area contributed by atoms with E-state index in [0.29, 0.717) is 0 Å². The van der Waals surface area contributed by atoms with Crippen LogP contribution in [0.1, 0.15) is 21.6 Å². The fourth-order valence-corrected chi connectivity index (χ4v) is 2.43. The SMILES string of the molecule is O=C(O)c1ccc2c(c1)c(Cc1ccccc1)nn2C(F)(F)F. The van der Waals surface area contributed by atoms with Crippen molar-refractivity contribution in [2.75, 3.05) is 0 Å². The number of fused-ring (bicyclic) bond motifs is 1. The van der Waals surface area contributed by atoms with Gasteiger partial charge in [-0.05, 0) is 23.8 Å². The third-order valence-electron chi connectivity index (χ3n) is 3.46. The lowest BCUT2D eigenvalue weighted by Crippen LogP contribution is -2.18. The Labute approximate surface area is 128 Å². The van der Waals surface area contributed by atoms with Crippen LogP contribution in [0, 0.1) is 0 Å². The van der Waals surface area contributed by atoms with Gasteiger partial charge in [0.2, 0.25) is 0 Å². The van der Waals surface area contributed by atoms with Gasteiger partial charge in [0.25, 0.3) is 0 Å². The van der Waals surface area contributed by atoms with E-state index >= 15 is 0 Å². The zero-order valence-electron chi connectivity index (χ0n) is 11.7. The topological polar surface area (TPSA) is 55.1 Å². The maximum absolute atomic E-state index is 13.1. The minimum Gasteiger partial charge on any atom is -0.478 e. The van der Waals surface area contributed by atoms with Crippen LogP contribution in [0.15, 0.2) is 48.5 Å². The number of nitrogens with zero attached hydrogens (tertiary/aromatic N) is 2. The molecule has 0 bridgehead atoms. The second-order valence-electron chi connectivity index (χ2n) is 5.03. The van der Waals surface area contributed by atoms with Crippen LogP contribution in [0.5, 0.6) is 0 Å². The number of alkyl halides is 3. The Morgan fingerprint density at radius 3 is 2.43 bits per heavy atom. The highest BCUT2D eigenvalue weighted by Gasteiger charge is 2.34. The summed E-state index contributed by atoms with van der Waals surface area (Å²) in [7, 11) is 0. The number of carboxylic acids is 1. The molecule has 0 aliphatic rings. The first-order chi connectivity index (χ1) is 10.9. The third kappa shape index (κ3) is 2.90. The summed E-state index contributed by atoms with van der Waals surface area (Å²) >= 11 is 0. The molecule has 1 aromatic heterocycles. The number of aromatic nitrogens is 2. The number of hydrogen-bond acceptors (Lipinski definition) is 2. The highest BCUT2D eigenvalue weighted by molar-refractivity contribution is 5.94. The molecular formula is C16H11F3N2O2. The molecule has 1 heterocycles. The number of carbonyl (C=O) groups is 1. The van der Waals surface area contributed by atoms with Crippen molar-refractivity contribution in [3.63, 3.8) is 0 Å². The average molecular weight is 320 g/mol. The highest BCUT2D eigenvalue weighted by atomic mass is 19.4. The first-order valence-electron chi connectivity index (χ1n) is 6.72. The van der Waals surface area contributed by atoms with Crippen LogP contribution in [0.4, 0.5) is 13.2 Å². The number of hydrogen-bond donors (Lipinski definition) is 1. The number of carboxylic acid groups (broad SMARTS) is 1. The molecule has 23 heavy (non-hydrogen) atoms. The molecule has 2 aromatic carbocycles. The zero-order valence-corrected chi connectivity index (χ0v) is 11.7. The molecule has 0 atom stereocenters. The Morgan fingerprint density at radius 1 is 1.13 bits per heavy atom. The van der Waals surface area contributed by atoms with Crippen molar-refractivity contribution in [1.29, 1.82) is 0 Å². The van der Waals surface area contributed by atoms with Crippen LogP contribution in [0.3, 0.4) is 0 Å². The Balaban J connectivity index is 2.19. The maximum Gasteiger partial charge on any atom is 0.505 e. The quantitative estimate of drug-likeness (QED) is 0.798. The maximum atomic E-state index is 13.1. The molecule has 0 saturated carbocycles. The molecule has 1 N–H and O–H groups in total. The predicted octanol–water partition coefficient (Wildman–Crippen LogP) is 3.80. The molecule has 0 aliphatic carbocycles. The van der Waals surface area contributed by atoms with Crippen LogP contribution < -0.4 is 0 Å². The van der Waals surface area contributed by atoms with Crippen LogP contribution >= 0.6 is 0 Å². The van der Waals surface area contributed by atoms with Gasteiger partial charge in [0.15, 0.2) is 0 Å². The highest BCUT2D eigenvalue weighted by Crippen LogP contribution is 2.30. The number of benzene rings is 2. The largest absolute Gasteiger partial charge is 0.505 e. The molecule has 4 nitrogen and oxygen atoms in total. The van der Waals surface area contributed by atoms with Crippen molar-refractivity contribution >= 4 is 16.9 Å². The van der Waals surface area contributed by atoms with Gasteiger partial charge >= 0.3 is 12.3 Å². The smallest absolute Gasteiger partial charge is 0.478 e. The van der Waals surface area contributed by atoms with Gasteiger partial charge in [-0.15, -0.1) is 13.2 Å². The van der Waals surface area contributed by atoms with Crippen molar-refractivity contribution in [1.82, 2.24) is 9.78 Å². The van der Waals surface area contributed by atoms with E-state index in [1.807, 2.05) is 0 Å². The van der Waals surface area contributed by atoms with Gasteiger partial charge in [0.05, 0.1) is 16.8 Å². The average Bonchev–Trinajstić information content (AvgIpc) is 2.86. The van der Waals surface area contributed by atoms with Crippen LogP contribution in [0.25, 0.3) is 10.9 Å². The zero-order chi connectivity index (χ0) is 16.6. The molecular weight excluding hydrogens is 309 g/mol. The molecule has 0 aliphatic heterocycles. The summed E-state index contributed by atoms with van der Waals surface area (Å²) in [6.07, 6.45) is -4.48. The van der Waals surface area contributed by atoms with Gasteiger partial charge in [0.1, 0.15) is 0 Å². The molecule has 0 fully saturated rings. The monoisotopic (exact) mass is 320 g/mol. The normalized spacial score (nSPS) is 11.8. The third-order valence-corrected chi connectivity index (χ3v) is 3.46. The first-order valence-corrected chi connectivity index (χ1v) is 6.72. The molecule has 0 saturated heterocycles. The Hall–Kier alpha value is -2.83. The number of halogens is 3. The Morgan fingerprint density at radius 2 is 1.83 bits per heavy atom. The van der Waals surface area contributed by atoms with Gasteiger partial charge < -0.3 is 5.11 Å². The molecule has 0 unspecified atom stereocenters. The van der Waals surface area contributed by atoms with E-state index < -0.39 is 12.3 Å². The minimum atomic E-state index is -4.67. The molecule has 0 radical (unpaired) electrons. The van der Waals surface area contributed by atoms with Crippen molar-refractivity contribution in [2.24, 2.45) is 0 Å². The van der Waals surface area contributed by atoms with Crippen LogP contribution in [-0.2, 0) is 12.7 Å². The van der Waals surface area contributed by atoms with Crippen LogP contribution in [-0.4, -0.2) is 20.9 Å². The van der Waals surface area contributed by atoms with Crippen molar-refractivity contribution < 1.29 is 23.1 Å². The van der Waals surface area contributed by atoms with Crippen LogP contribution in [0.2, 0.25) is 0 Å². The first kappa shape index (κ1) is 15.1. The molecule has 118 valence electrons.